The maximum absolute atomic E-state index is 12.0. The van der Waals surface area contributed by atoms with E-state index in [-0.39, 0.29) is 11.9 Å². The smallest absolute Gasteiger partial charge is 0.237 e. The molecule has 0 aromatic carbocycles. The lowest BCUT2D eigenvalue weighted by molar-refractivity contribution is -0.124. The van der Waals surface area contributed by atoms with Gasteiger partial charge in [-0.05, 0) is 73.3 Å². The summed E-state index contributed by atoms with van der Waals surface area (Å²) >= 11 is 0. The predicted molar refractivity (Wildman–Crippen MR) is 88.3 cm³/mol. The van der Waals surface area contributed by atoms with Crippen molar-refractivity contribution in [1.29, 1.82) is 0 Å². The molecular formula is C16H34N4O. The molecular weight excluding hydrogens is 264 g/mol. The van der Waals surface area contributed by atoms with E-state index in [1.165, 1.54) is 6.42 Å². The molecule has 124 valence electrons. The SMILES string of the molecule is CCN(CCCN(C)C)C1CCC(NC(C)C)(C(N)=O)C1. The Bertz CT molecular complexity index is 332. The van der Waals surface area contributed by atoms with Crippen molar-refractivity contribution in [3.8, 4) is 0 Å². The van der Waals surface area contributed by atoms with Gasteiger partial charge in [-0.1, -0.05) is 6.92 Å². The molecule has 0 aromatic rings. The van der Waals surface area contributed by atoms with Crippen molar-refractivity contribution in [2.75, 3.05) is 33.7 Å². The molecule has 3 N–H and O–H groups in total. The van der Waals surface area contributed by atoms with Gasteiger partial charge in [0, 0.05) is 12.1 Å². The molecule has 5 nitrogen and oxygen atoms in total. The molecule has 0 heterocycles. The minimum atomic E-state index is -0.506. The van der Waals surface area contributed by atoms with Gasteiger partial charge in [-0.3, -0.25) is 4.79 Å². The summed E-state index contributed by atoms with van der Waals surface area (Å²) in [5.41, 5.74) is 5.19. The lowest BCUT2D eigenvalue weighted by Crippen LogP contribution is -2.56. The quantitative estimate of drug-likeness (QED) is 0.667. The van der Waals surface area contributed by atoms with Crippen LogP contribution in [-0.2, 0) is 4.79 Å². The van der Waals surface area contributed by atoms with Crippen molar-refractivity contribution in [3.05, 3.63) is 0 Å². The van der Waals surface area contributed by atoms with E-state index in [0.717, 1.165) is 38.9 Å². The monoisotopic (exact) mass is 298 g/mol. The zero-order chi connectivity index (χ0) is 16.0. The van der Waals surface area contributed by atoms with Crippen molar-refractivity contribution in [2.24, 2.45) is 5.73 Å². The molecule has 2 unspecified atom stereocenters. The summed E-state index contributed by atoms with van der Waals surface area (Å²) in [5.74, 6) is -0.192. The number of nitrogens with zero attached hydrogens (tertiary/aromatic N) is 2. The van der Waals surface area contributed by atoms with Gasteiger partial charge < -0.3 is 20.9 Å². The fourth-order valence-electron chi connectivity index (χ4n) is 3.50. The van der Waals surface area contributed by atoms with Crippen LogP contribution in [0.5, 0.6) is 0 Å². The number of rotatable bonds is 9. The molecule has 0 bridgehead atoms. The molecule has 1 amide bonds. The summed E-state index contributed by atoms with van der Waals surface area (Å²) in [6, 6.07) is 0.746. The number of hydrogen-bond acceptors (Lipinski definition) is 4. The molecule has 0 aliphatic heterocycles. The number of nitrogens with two attached hydrogens (primary N) is 1. The van der Waals surface area contributed by atoms with Crippen LogP contribution in [-0.4, -0.2) is 67.1 Å². The fraction of sp³-hybridized carbons (Fsp3) is 0.938. The molecule has 1 saturated carbocycles. The second-order valence-corrected chi connectivity index (χ2v) is 6.93. The minimum absolute atomic E-state index is 0.192. The van der Waals surface area contributed by atoms with Gasteiger partial charge in [0.05, 0.1) is 5.54 Å². The molecule has 5 heteroatoms. The number of carbonyl (C=O) groups excluding carboxylic acids is 1. The van der Waals surface area contributed by atoms with Gasteiger partial charge in [0.2, 0.25) is 5.91 Å². The molecule has 0 spiro atoms. The highest BCUT2D eigenvalue weighted by Gasteiger charge is 2.45. The van der Waals surface area contributed by atoms with E-state index in [1.54, 1.807) is 0 Å². The lowest BCUT2D eigenvalue weighted by Gasteiger charge is -2.32. The van der Waals surface area contributed by atoms with Gasteiger partial charge in [0.1, 0.15) is 0 Å². The molecule has 0 radical (unpaired) electrons. The Morgan fingerprint density at radius 2 is 2.05 bits per heavy atom. The number of amides is 1. The van der Waals surface area contributed by atoms with Crippen molar-refractivity contribution in [3.63, 3.8) is 0 Å². The Balaban J connectivity index is 2.61. The summed E-state index contributed by atoms with van der Waals surface area (Å²) in [5, 5.41) is 3.43. The zero-order valence-corrected chi connectivity index (χ0v) is 14.5. The minimum Gasteiger partial charge on any atom is -0.368 e. The van der Waals surface area contributed by atoms with Gasteiger partial charge in [-0.2, -0.15) is 0 Å². The van der Waals surface area contributed by atoms with Gasteiger partial charge >= 0.3 is 0 Å². The molecule has 0 saturated heterocycles. The third kappa shape index (κ3) is 5.24. The van der Waals surface area contributed by atoms with Crippen LogP contribution in [0.2, 0.25) is 0 Å². The first-order chi connectivity index (χ1) is 9.80. The highest BCUT2D eigenvalue weighted by molar-refractivity contribution is 5.85. The number of carbonyl (C=O) groups is 1. The van der Waals surface area contributed by atoms with Gasteiger partial charge in [0.25, 0.3) is 0 Å². The van der Waals surface area contributed by atoms with Crippen molar-refractivity contribution >= 4 is 5.91 Å². The Morgan fingerprint density at radius 3 is 2.52 bits per heavy atom. The lowest BCUT2D eigenvalue weighted by atomic mass is 9.95. The van der Waals surface area contributed by atoms with Gasteiger partial charge in [-0.25, -0.2) is 0 Å². The maximum Gasteiger partial charge on any atom is 0.237 e. The average Bonchev–Trinajstić information content (AvgIpc) is 2.79. The Kier molecular flexibility index (Phi) is 7.10. The average molecular weight is 298 g/mol. The van der Waals surface area contributed by atoms with E-state index >= 15 is 0 Å². The molecule has 0 aromatic heterocycles. The topological polar surface area (TPSA) is 61.6 Å². The van der Waals surface area contributed by atoms with Crippen molar-refractivity contribution < 1.29 is 4.79 Å². The van der Waals surface area contributed by atoms with E-state index in [0.29, 0.717) is 6.04 Å². The van der Waals surface area contributed by atoms with Crippen LogP contribution in [0.25, 0.3) is 0 Å². The highest BCUT2D eigenvalue weighted by atomic mass is 16.1. The molecule has 1 rings (SSSR count). The van der Waals surface area contributed by atoms with Gasteiger partial charge in [-0.15, -0.1) is 0 Å². The first-order valence-electron chi connectivity index (χ1n) is 8.27. The van der Waals surface area contributed by atoms with Crippen LogP contribution in [0.1, 0.15) is 46.5 Å². The number of primary amides is 1. The summed E-state index contributed by atoms with van der Waals surface area (Å²) in [6.07, 6.45) is 3.92. The second-order valence-electron chi connectivity index (χ2n) is 6.93. The first-order valence-corrected chi connectivity index (χ1v) is 8.27. The Morgan fingerprint density at radius 1 is 1.38 bits per heavy atom. The summed E-state index contributed by atoms with van der Waals surface area (Å²) < 4.78 is 0. The second kappa shape index (κ2) is 8.11. The third-order valence-corrected chi connectivity index (χ3v) is 4.50. The first kappa shape index (κ1) is 18.4. The van der Waals surface area contributed by atoms with Gasteiger partial charge in [0.15, 0.2) is 0 Å². The fourth-order valence-corrected chi connectivity index (χ4v) is 3.50. The maximum atomic E-state index is 12.0. The van der Waals surface area contributed by atoms with Crippen LogP contribution < -0.4 is 11.1 Å². The van der Waals surface area contributed by atoms with Crippen molar-refractivity contribution in [2.45, 2.75) is 64.1 Å². The van der Waals surface area contributed by atoms with Crippen LogP contribution in [0.3, 0.4) is 0 Å². The molecule has 1 aliphatic carbocycles. The van der Waals surface area contributed by atoms with Crippen molar-refractivity contribution in [1.82, 2.24) is 15.1 Å². The number of nitrogens with one attached hydrogen (secondary N) is 1. The molecule has 1 aliphatic rings. The third-order valence-electron chi connectivity index (χ3n) is 4.50. The normalized spacial score (nSPS) is 26.2. The predicted octanol–water partition coefficient (Wildman–Crippen LogP) is 1.03. The molecule has 1 fully saturated rings. The van der Waals surface area contributed by atoms with E-state index in [9.17, 15) is 4.79 Å². The van der Waals surface area contributed by atoms with Crippen LogP contribution in [0.4, 0.5) is 0 Å². The molecule has 2 atom stereocenters. The largest absolute Gasteiger partial charge is 0.368 e. The standard InChI is InChI=1S/C16H34N4O/c1-6-20(11-7-10-19(4)5)14-8-9-16(12-14,15(17)21)18-13(2)3/h13-14,18H,6-12H2,1-5H3,(H2,17,21). The summed E-state index contributed by atoms with van der Waals surface area (Å²) in [7, 11) is 4.22. The Labute approximate surface area is 130 Å². The Hall–Kier alpha value is -0.650. The molecule has 21 heavy (non-hydrogen) atoms. The van der Waals surface area contributed by atoms with E-state index < -0.39 is 5.54 Å². The zero-order valence-electron chi connectivity index (χ0n) is 14.5. The number of hydrogen-bond donors (Lipinski definition) is 2. The van der Waals surface area contributed by atoms with E-state index in [4.69, 9.17) is 5.73 Å². The van der Waals surface area contributed by atoms with Crippen LogP contribution in [0.15, 0.2) is 0 Å². The van der Waals surface area contributed by atoms with E-state index in [2.05, 4.69) is 50.0 Å². The highest BCUT2D eigenvalue weighted by Crippen LogP contribution is 2.33. The van der Waals surface area contributed by atoms with E-state index in [1.807, 2.05) is 0 Å². The summed E-state index contributed by atoms with van der Waals surface area (Å²) in [6.45, 7) is 9.59. The van der Waals surface area contributed by atoms with Crippen LogP contribution >= 0.6 is 0 Å². The van der Waals surface area contributed by atoms with Crippen LogP contribution in [0, 0.1) is 0 Å². The summed E-state index contributed by atoms with van der Waals surface area (Å²) in [4.78, 5) is 16.7.